The van der Waals surface area contributed by atoms with Crippen LogP contribution in [0.5, 0.6) is 5.75 Å². The number of carbonyl (C=O) groups excluding carboxylic acids is 1. The summed E-state index contributed by atoms with van der Waals surface area (Å²) in [6.45, 7) is 2.36. The van der Waals surface area contributed by atoms with Gasteiger partial charge in [0.2, 0.25) is 5.91 Å². The Morgan fingerprint density at radius 3 is 2.83 bits per heavy atom. The van der Waals surface area contributed by atoms with Gasteiger partial charge < -0.3 is 10.1 Å². The minimum Gasteiger partial charge on any atom is -0.493 e. The molecular formula is C22H19ClFN3O2. The summed E-state index contributed by atoms with van der Waals surface area (Å²) >= 11 is 6.45. The number of nitrogens with zero attached hydrogens (tertiary/aromatic N) is 2. The molecule has 2 aromatic carbocycles. The highest BCUT2D eigenvalue weighted by molar-refractivity contribution is 6.31. The van der Waals surface area contributed by atoms with Crippen LogP contribution in [0.15, 0.2) is 54.6 Å². The lowest BCUT2D eigenvalue weighted by Crippen LogP contribution is -2.30. The molecule has 29 heavy (non-hydrogen) atoms. The standard InChI is InChI=1S/C22H19ClFN3O2/c1-14-17(22(23)27(26-14)16-8-6-15(24)7-9-16)10-11-21(28)25-19-12-13-29-20-5-3-2-4-18(19)20/h2-11,19H,12-13H2,1H3,(H,25,28)/b11-10+. The van der Waals surface area contributed by atoms with E-state index in [2.05, 4.69) is 10.4 Å². The average Bonchev–Trinajstić information content (AvgIpc) is 3.01. The number of benzene rings is 2. The van der Waals surface area contributed by atoms with Crippen molar-refractivity contribution in [1.29, 1.82) is 0 Å². The Hall–Kier alpha value is -3.12. The van der Waals surface area contributed by atoms with E-state index in [0.29, 0.717) is 35.1 Å². The molecule has 0 aliphatic carbocycles. The number of ether oxygens (including phenoxy) is 1. The van der Waals surface area contributed by atoms with Crippen molar-refractivity contribution >= 4 is 23.6 Å². The Morgan fingerprint density at radius 1 is 1.28 bits per heavy atom. The SMILES string of the molecule is Cc1nn(-c2ccc(F)cc2)c(Cl)c1/C=C/C(=O)NC1CCOc2ccccc21. The normalized spacial score (nSPS) is 15.8. The molecule has 1 aromatic heterocycles. The highest BCUT2D eigenvalue weighted by Crippen LogP contribution is 2.31. The molecular weight excluding hydrogens is 393 g/mol. The van der Waals surface area contributed by atoms with Gasteiger partial charge in [-0.05, 0) is 43.3 Å². The van der Waals surface area contributed by atoms with Crippen molar-refractivity contribution in [3.05, 3.63) is 82.4 Å². The maximum Gasteiger partial charge on any atom is 0.244 e. The number of amides is 1. The molecule has 0 fully saturated rings. The van der Waals surface area contributed by atoms with Crippen molar-refractivity contribution < 1.29 is 13.9 Å². The van der Waals surface area contributed by atoms with Crippen molar-refractivity contribution in [3.8, 4) is 11.4 Å². The van der Waals surface area contributed by atoms with Gasteiger partial charge in [-0.15, -0.1) is 0 Å². The number of halogens is 2. The molecule has 0 radical (unpaired) electrons. The van der Waals surface area contributed by atoms with Crippen molar-refractivity contribution in [1.82, 2.24) is 15.1 Å². The molecule has 5 nitrogen and oxygen atoms in total. The lowest BCUT2D eigenvalue weighted by molar-refractivity contribution is -0.117. The Kier molecular flexibility index (Phi) is 5.36. The Bertz CT molecular complexity index is 1080. The first-order chi connectivity index (χ1) is 14.0. The first-order valence-electron chi connectivity index (χ1n) is 9.24. The quantitative estimate of drug-likeness (QED) is 0.637. The fourth-order valence-electron chi connectivity index (χ4n) is 3.32. The van der Waals surface area contributed by atoms with Gasteiger partial charge in [0.05, 0.1) is 24.0 Å². The van der Waals surface area contributed by atoms with Gasteiger partial charge in [-0.25, -0.2) is 9.07 Å². The summed E-state index contributed by atoms with van der Waals surface area (Å²) in [5, 5.41) is 7.76. The molecule has 0 bridgehead atoms. The van der Waals surface area contributed by atoms with Crippen LogP contribution in [0.25, 0.3) is 11.8 Å². The molecule has 1 amide bonds. The second-order valence-corrected chi connectivity index (χ2v) is 7.11. The summed E-state index contributed by atoms with van der Waals surface area (Å²) in [5.74, 6) is 0.240. The number of aryl methyl sites for hydroxylation is 1. The van der Waals surface area contributed by atoms with E-state index in [9.17, 15) is 9.18 Å². The first-order valence-corrected chi connectivity index (χ1v) is 9.62. The van der Waals surface area contributed by atoms with Crippen LogP contribution in [0.3, 0.4) is 0 Å². The largest absolute Gasteiger partial charge is 0.493 e. The summed E-state index contributed by atoms with van der Waals surface area (Å²) in [6, 6.07) is 13.5. The van der Waals surface area contributed by atoms with E-state index in [1.54, 1.807) is 25.1 Å². The minimum absolute atomic E-state index is 0.101. The van der Waals surface area contributed by atoms with Crippen LogP contribution in [0.2, 0.25) is 5.15 Å². The van der Waals surface area contributed by atoms with Crippen LogP contribution in [0.1, 0.15) is 29.3 Å². The topological polar surface area (TPSA) is 56.2 Å². The fourth-order valence-corrected chi connectivity index (χ4v) is 3.66. The van der Waals surface area contributed by atoms with E-state index in [1.807, 2.05) is 24.3 Å². The fraction of sp³-hybridized carbons (Fsp3) is 0.182. The summed E-state index contributed by atoms with van der Waals surface area (Å²) in [6.07, 6.45) is 3.80. The lowest BCUT2D eigenvalue weighted by atomic mass is 10.0. The average molecular weight is 412 g/mol. The van der Waals surface area contributed by atoms with Gasteiger partial charge in [-0.1, -0.05) is 29.8 Å². The Morgan fingerprint density at radius 2 is 2.03 bits per heavy atom. The molecule has 1 unspecified atom stereocenters. The van der Waals surface area contributed by atoms with E-state index < -0.39 is 0 Å². The molecule has 1 aliphatic heterocycles. The molecule has 0 saturated carbocycles. The number of hydrogen-bond donors (Lipinski definition) is 1. The summed E-state index contributed by atoms with van der Waals surface area (Å²) in [7, 11) is 0. The maximum absolute atomic E-state index is 13.2. The zero-order valence-corrected chi connectivity index (χ0v) is 16.5. The summed E-state index contributed by atoms with van der Waals surface area (Å²) < 4.78 is 20.3. The van der Waals surface area contributed by atoms with Crippen LogP contribution in [-0.4, -0.2) is 22.3 Å². The van der Waals surface area contributed by atoms with E-state index in [4.69, 9.17) is 16.3 Å². The van der Waals surface area contributed by atoms with Crippen molar-refractivity contribution in [3.63, 3.8) is 0 Å². The second kappa shape index (κ2) is 8.09. The van der Waals surface area contributed by atoms with Gasteiger partial charge >= 0.3 is 0 Å². The number of fused-ring (bicyclic) bond motifs is 1. The smallest absolute Gasteiger partial charge is 0.244 e. The van der Waals surface area contributed by atoms with Crippen LogP contribution in [-0.2, 0) is 4.79 Å². The predicted octanol–water partition coefficient (Wildman–Crippen LogP) is 4.63. The van der Waals surface area contributed by atoms with Gasteiger partial charge in [0.25, 0.3) is 0 Å². The molecule has 4 rings (SSSR count). The van der Waals surface area contributed by atoms with Gasteiger partial charge in [-0.2, -0.15) is 5.10 Å². The van der Waals surface area contributed by atoms with Gasteiger partial charge in [-0.3, -0.25) is 4.79 Å². The monoisotopic (exact) mass is 411 g/mol. The summed E-state index contributed by atoms with van der Waals surface area (Å²) in [4.78, 5) is 12.5. The van der Waals surface area contributed by atoms with Crippen LogP contribution >= 0.6 is 11.6 Å². The molecule has 1 aliphatic rings. The molecule has 1 N–H and O–H groups in total. The molecule has 148 valence electrons. The number of aromatic nitrogens is 2. The van der Waals surface area contributed by atoms with E-state index in [1.165, 1.54) is 22.9 Å². The summed E-state index contributed by atoms with van der Waals surface area (Å²) in [5.41, 5.74) is 2.92. The first kappa shape index (κ1) is 19.2. The van der Waals surface area contributed by atoms with Crippen LogP contribution < -0.4 is 10.1 Å². The predicted molar refractivity (Wildman–Crippen MR) is 110 cm³/mol. The molecule has 7 heteroatoms. The molecule has 3 aromatic rings. The van der Waals surface area contributed by atoms with Gasteiger partial charge in [0, 0.05) is 23.6 Å². The number of hydrogen-bond acceptors (Lipinski definition) is 3. The van der Waals surface area contributed by atoms with Crippen molar-refractivity contribution in [2.45, 2.75) is 19.4 Å². The lowest BCUT2D eigenvalue weighted by Gasteiger charge is -2.26. The second-order valence-electron chi connectivity index (χ2n) is 6.75. The van der Waals surface area contributed by atoms with Crippen molar-refractivity contribution in [2.24, 2.45) is 0 Å². The highest BCUT2D eigenvalue weighted by Gasteiger charge is 2.22. The molecule has 2 heterocycles. The number of nitrogens with one attached hydrogen (secondary N) is 1. The van der Waals surface area contributed by atoms with Gasteiger partial charge in [0.1, 0.15) is 16.7 Å². The number of rotatable bonds is 4. The van der Waals surface area contributed by atoms with Crippen LogP contribution in [0.4, 0.5) is 4.39 Å². The molecule has 0 spiro atoms. The number of para-hydroxylation sites is 1. The third-order valence-corrected chi connectivity index (χ3v) is 5.16. The minimum atomic E-state index is -0.333. The number of carbonyl (C=O) groups is 1. The third kappa shape index (κ3) is 4.03. The molecule has 1 atom stereocenters. The van der Waals surface area contributed by atoms with Crippen molar-refractivity contribution in [2.75, 3.05) is 6.61 Å². The van der Waals surface area contributed by atoms with E-state index in [0.717, 1.165) is 11.3 Å². The highest BCUT2D eigenvalue weighted by atomic mass is 35.5. The maximum atomic E-state index is 13.2. The van der Waals surface area contributed by atoms with Crippen LogP contribution in [0, 0.1) is 12.7 Å². The van der Waals surface area contributed by atoms with E-state index >= 15 is 0 Å². The third-order valence-electron chi connectivity index (χ3n) is 4.80. The zero-order chi connectivity index (χ0) is 20.4. The van der Waals surface area contributed by atoms with Gasteiger partial charge in [0.15, 0.2) is 0 Å². The zero-order valence-electron chi connectivity index (χ0n) is 15.7. The van der Waals surface area contributed by atoms with E-state index in [-0.39, 0.29) is 17.8 Å². The molecule has 0 saturated heterocycles. The Labute approximate surface area is 172 Å². The Balaban J connectivity index is 1.51.